The molecule has 168 valence electrons. The Morgan fingerprint density at radius 3 is 2.72 bits per heavy atom. The van der Waals surface area contributed by atoms with E-state index in [-0.39, 0.29) is 17.9 Å². The Kier molecular flexibility index (Phi) is 5.33. The molecule has 2 amide bonds. The van der Waals surface area contributed by atoms with Crippen LogP contribution in [0, 0.1) is 12.8 Å². The molecule has 0 saturated heterocycles. The molecule has 5 nitrogen and oxygen atoms in total. The molecule has 2 aromatic heterocycles. The van der Waals surface area contributed by atoms with Crippen LogP contribution in [0.15, 0.2) is 35.7 Å². The number of fused-ring (bicyclic) bond motifs is 3. The van der Waals surface area contributed by atoms with E-state index in [1.165, 1.54) is 0 Å². The smallest absolute Gasteiger partial charge is 0.275 e. The van der Waals surface area contributed by atoms with Gasteiger partial charge in [-0.05, 0) is 80.7 Å². The molecule has 3 heterocycles. The molecule has 32 heavy (non-hydrogen) atoms. The van der Waals surface area contributed by atoms with Crippen LogP contribution >= 0.6 is 22.9 Å². The Labute approximate surface area is 197 Å². The van der Waals surface area contributed by atoms with Gasteiger partial charge in [0.2, 0.25) is 5.91 Å². The Balaban J connectivity index is 1.60. The van der Waals surface area contributed by atoms with E-state index in [1.54, 1.807) is 16.2 Å². The van der Waals surface area contributed by atoms with E-state index < -0.39 is 5.54 Å². The normalized spacial score (nSPS) is 25.8. The van der Waals surface area contributed by atoms with Crippen molar-refractivity contribution in [2.24, 2.45) is 5.92 Å². The van der Waals surface area contributed by atoms with Crippen molar-refractivity contribution in [3.8, 4) is 0 Å². The molecule has 0 spiro atoms. The maximum atomic E-state index is 13.9. The maximum absolute atomic E-state index is 13.9. The second-order valence-electron chi connectivity index (χ2n) is 9.51. The number of nitrogens with one attached hydrogen (secondary N) is 1. The van der Waals surface area contributed by atoms with Crippen molar-refractivity contribution in [2.45, 2.75) is 64.6 Å². The number of hydrogen-bond donors (Lipinski definition) is 1. The third-order valence-corrected chi connectivity index (χ3v) is 8.49. The average molecular weight is 470 g/mol. The van der Waals surface area contributed by atoms with Crippen LogP contribution in [0.2, 0.25) is 5.02 Å². The Bertz CT molecular complexity index is 1210. The predicted octanol–water partition coefficient (Wildman–Crippen LogP) is 5.78. The van der Waals surface area contributed by atoms with Gasteiger partial charge in [0.25, 0.3) is 5.91 Å². The minimum atomic E-state index is -1.07. The first kappa shape index (κ1) is 21.5. The molecule has 1 atom stereocenters. The third-order valence-electron chi connectivity index (χ3n) is 7.22. The fourth-order valence-electron chi connectivity index (χ4n) is 5.17. The fraction of sp³-hybridized carbons (Fsp3) is 0.440. The van der Waals surface area contributed by atoms with Crippen LogP contribution < -0.4 is 10.2 Å². The molecule has 1 saturated carbocycles. The molecule has 3 aromatic rings. The molecular formula is C25H28ClN3O2S. The van der Waals surface area contributed by atoms with Gasteiger partial charge in [-0.2, -0.15) is 0 Å². The van der Waals surface area contributed by atoms with Crippen LogP contribution in [-0.4, -0.2) is 28.0 Å². The van der Waals surface area contributed by atoms with Crippen LogP contribution in [-0.2, 0) is 11.3 Å². The minimum absolute atomic E-state index is 0.104. The molecule has 1 N–H and O–H groups in total. The van der Waals surface area contributed by atoms with E-state index in [4.69, 9.17) is 11.6 Å². The largest absolute Gasteiger partial charge is 0.351 e. The third kappa shape index (κ3) is 3.35. The van der Waals surface area contributed by atoms with Gasteiger partial charge in [0, 0.05) is 16.8 Å². The van der Waals surface area contributed by atoms with Crippen LogP contribution in [0.3, 0.4) is 0 Å². The summed E-state index contributed by atoms with van der Waals surface area (Å²) in [7, 11) is 0. The lowest BCUT2D eigenvalue weighted by Crippen LogP contribution is -2.65. The predicted molar refractivity (Wildman–Crippen MR) is 131 cm³/mol. The summed E-state index contributed by atoms with van der Waals surface area (Å²) in [6.07, 6.45) is 4.21. The molecule has 1 fully saturated rings. The fourth-order valence-corrected chi connectivity index (χ4v) is 6.17. The second-order valence-corrected chi connectivity index (χ2v) is 10.9. The number of thiophene rings is 1. The Morgan fingerprint density at radius 1 is 1.22 bits per heavy atom. The molecule has 0 unspecified atom stereocenters. The summed E-state index contributed by atoms with van der Waals surface area (Å²) in [6, 6.07) is 9.65. The van der Waals surface area contributed by atoms with Crippen LogP contribution in [0.1, 0.15) is 55.6 Å². The zero-order chi connectivity index (χ0) is 22.6. The van der Waals surface area contributed by atoms with E-state index in [0.717, 1.165) is 41.5 Å². The number of amides is 2. The molecule has 5 rings (SSSR count). The van der Waals surface area contributed by atoms with E-state index in [2.05, 4.69) is 12.2 Å². The van der Waals surface area contributed by atoms with Crippen molar-refractivity contribution in [1.82, 2.24) is 9.88 Å². The minimum Gasteiger partial charge on any atom is -0.351 e. The SMILES string of the molecule is Cc1c(Cl)cccc1N1C(=O)c2cc3sccc3n2C[C@@]1(C)C(=O)NC1CCC(C)CC1. The lowest BCUT2D eigenvalue weighted by molar-refractivity contribution is -0.127. The number of anilines is 1. The lowest BCUT2D eigenvalue weighted by atomic mass is 9.86. The van der Waals surface area contributed by atoms with Crippen LogP contribution in [0.25, 0.3) is 10.2 Å². The highest BCUT2D eigenvalue weighted by Crippen LogP contribution is 2.39. The summed E-state index contributed by atoms with van der Waals surface area (Å²) in [5.74, 6) is 0.433. The van der Waals surface area contributed by atoms with Gasteiger partial charge in [-0.1, -0.05) is 24.6 Å². The van der Waals surface area contributed by atoms with Crippen molar-refractivity contribution in [3.05, 3.63) is 52.0 Å². The number of aromatic nitrogens is 1. The Hall–Kier alpha value is -2.31. The zero-order valence-electron chi connectivity index (χ0n) is 18.7. The second kappa shape index (κ2) is 7.92. The topological polar surface area (TPSA) is 54.3 Å². The van der Waals surface area contributed by atoms with Crippen molar-refractivity contribution in [3.63, 3.8) is 0 Å². The van der Waals surface area contributed by atoms with Gasteiger partial charge in [-0.15, -0.1) is 11.3 Å². The van der Waals surface area contributed by atoms with Crippen LogP contribution in [0.5, 0.6) is 0 Å². The van der Waals surface area contributed by atoms with Gasteiger partial charge < -0.3 is 9.88 Å². The molecule has 2 aliphatic rings. The summed E-state index contributed by atoms with van der Waals surface area (Å²) in [5.41, 5.74) is 2.04. The van der Waals surface area contributed by atoms with Gasteiger partial charge in [0.05, 0.1) is 16.8 Å². The van der Waals surface area contributed by atoms with Crippen molar-refractivity contribution >= 4 is 50.7 Å². The van der Waals surface area contributed by atoms with Crippen molar-refractivity contribution < 1.29 is 9.59 Å². The van der Waals surface area contributed by atoms with Crippen molar-refractivity contribution in [1.29, 1.82) is 0 Å². The molecular weight excluding hydrogens is 442 g/mol. The summed E-state index contributed by atoms with van der Waals surface area (Å²) in [6.45, 7) is 6.45. The van der Waals surface area contributed by atoms with E-state index in [0.29, 0.717) is 28.9 Å². The average Bonchev–Trinajstić information content (AvgIpc) is 3.35. The number of nitrogens with zero attached hydrogens (tertiary/aromatic N) is 2. The van der Waals surface area contributed by atoms with Gasteiger partial charge in [-0.3, -0.25) is 14.5 Å². The highest BCUT2D eigenvalue weighted by Gasteiger charge is 2.49. The first-order valence-electron chi connectivity index (χ1n) is 11.3. The maximum Gasteiger partial charge on any atom is 0.275 e. The van der Waals surface area contributed by atoms with Gasteiger partial charge >= 0.3 is 0 Å². The summed E-state index contributed by atoms with van der Waals surface area (Å²) < 4.78 is 3.06. The molecule has 1 aliphatic carbocycles. The molecule has 7 heteroatoms. The zero-order valence-corrected chi connectivity index (χ0v) is 20.2. The van der Waals surface area contributed by atoms with Crippen LogP contribution in [0.4, 0.5) is 5.69 Å². The first-order chi connectivity index (χ1) is 15.3. The molecule has 1 aliphatic heterocycles. The number of rotatable bonds is 3. The monoisotopic (exact) mass is 469 g/mol. The molecule has 0 bridgehead atoms. The summed E-state index contributed by atoms with van der Waals surface area (Å²) in [5, 5.41) is 5.90. The number of hydrogen-bond acceptors (Lipinski definition) is 3. The lowest BCUT2D eigenvalue weighted by Gasteiger charge is -2.45. The highest BCUT2D eigenvalue weighted by atomic mass is 35.5. The van der Waals surface area contributed by atoms with E-state index in [1.807, 2.05) is 54.1 Å². The molecule has 1 aromatic carbocycles. The van der Waals surface area contributed by atoms with E-state index >= 15 is 0 Å². The van der Waals surface area contributed by atoms with Gasteiger partial charge in [0.1, 0.15) is 11.2 Å². The van der Waals surface area contributed by atoms with Crippen molar-refractivity contribution in [2.75, 3.05) is 4.90 Å². The summed E-state index contributed by atoms with van der Waals surface area (Å²) in [4.78, 5) is 29.4. The number of carbonyl (C=O) groups is 2. The molecule has 0 radical (unpaired) electrons. The number of carbonyl (C=O) groups excluding carboxylic acids is 2. The summed E-state index contributed by atoms with van der Waals surface area (Å²) >= 11 is 8.04. The standard InChI is InChI=1S/C25H28ClN3O2S/c1-15-7-9-17(10-8-15)27-24(31)25(3)14-28-20-11-12-32-22(20)13-21(28)23(30)29(25)19-6-4-5-18(26)16(19)2/h4-6,11-13,15,17H,7-10,14H2,1-3H3,(H,27,31)/t15?,17?,25-/m0/s1. The highest BCUT2D eigenvalue weighted by molar-refractivity contribution is 7.17. The van der Waals surface area contributed by atoms with Gasteiger partial charge in [-0.25, -0.2) is 0 Å². The van der Waals surface area contributed by atoms with E-state index in [9.17, 15) is 9.59 Å². The Morgan fingerprint density at radius 2 is 1.97 bits per heavy atom. The number of benzene rings is 1. The number of halogens is 1. The first-order valence-corrected chi connectivity index (χ1v) is 12.5. The van der Waals surface area contributed by atoms with Gasteiger partial charge in [0.15, 0.2) is 0 Å². The quantitative estimate of drug-likeness (QED) is 0.528.